The standard InChI is InChI=1S/C15H27NO/c1-11-4-5-15(17)14(7-11)10-16-8-12(2)6-13(3)9-16/h11-14H,4-10H2,1-3H3. The van der Waals surface area contributed by atoms with Crippen molar-refractivity contribution in [3.8, 4) is 0 Å². The molecule has 2 aliphatic rings. The molecule has 17 heavy (non-hydrogen) atoms. The summed E-state index contributed by atoms with van der Waals surface area (Å²) in [6, 6.07) is 0. The lowest BCUT2D eigenvalue weighted by atomic mass is 9.80. The van der Waals surface area contributed by atoms with Crippen molar-refractivity contribution >= 4 is 5.78 Å². The van der Waals surface area contributed by atoms with E-state index < -0.39 is 0 Å². The van der Waals surface area contributed by atoms with Gasteiger partial charge in [-0.05, 0) is 37.0 Å². The normalized spacial score (nSPS) is 40.5. The Morgan fingerprint density at radius 1 is 1.06 bits per heavy atom. The molecule has 1 aliphatic carbocycles. The second kappa shape index (κ2) is 5.51. The number of carbonyl (C=O) groups excluding carboxylic acids is 1. The van der Waals surface area contributed by atoms with Crippen LogP contribution in [0, 0.1) is 23.7 Å². The monoisotopic (exact) mass is 237 g/mol. The molecule has 0 aromatic heterocycles. The van der Waals surface area contributed by atoms with Crippen LogP contribution in [-0.4, -0.2) is 30.3 Å². The van der Waals surface area contributed by atoms with Gasteiger partial charge in [0.1, 0.15) is 5.78 Å². The summed E-state index contributed by atoms with van der Waals surface area (Å²) >= 11 is 0. The van der Waals surface area contributed by atoms with Gasteiger partial charge in [-0.25, -0.2) is 0 Å². The first-order chi connectivity index (χ1) is 8.04. The SMILES string of the molecule is CC1CCC(=O)C(CN2CC(C)CC(C)C2)C1. The number of carbonyl (C=O) groups is 1. The fourth-order valence-corrected chi connectivity index (χ4v) is 3.76. The van der Waals surface area contributed by atoms with E-state index in [-0.39, 0.29) is 0 Å². The van der Waals surface area contributed by atoms with Crippen molar-refractivity contribution < 1.29 is 4.79 Å². The minimum atomic E-state index is 0.330. The minimum Gasteiger partial charge on any atom is -0.302 e. The minimum absolute atomic E-state index is 0.330. The number of hydrogen-bond donors (Lipinski definition) is 0. The molecule has 0 amide bonds. The molecule has 0 aromatic carbocycles. The summed E-state index contributed by atoms with van der Waals surface area (Å²) in [5.74, 6) is 3.20. The molecule has 4 unspecified atom stereocenters. The van der Waals surface area contributed by atoms with E-state index in [4.69, 9.17) is 0 Å². The highest BCUT2D eigenvalue weighted by atomic mass is 16.1. The average Bonchev–Trinajstić information content (AvgIpc) is 2.22. The zero-order valence-electron chi connectivity index (χ0n) is 11.6. The van der Waals surface area contributed by atoms with Crippen LogP contribution in [0.1, 0.15) is 46.5 Å². The number of hydrogen-bond acceptors (Lipinski definition) is 2. The number of nitrogens with zero attached hydrogens (tertiary/aromatic N) is 1. The topological polar surface area (TPSA) is 20.3 Å². The summed E-state index contributed by atoms with van der Waals surface area (Å²) in [4.78, 5) is 14.5. The maximum atomic E-state index is 11.9. The van der Waals surface area contributed by atoms with Gasteiger partial charge in [0.15, 0.2) is 0 Å². The van der Waals surface area contributed by atoms with Gasteiger partial charge in [0.2, 0.25) is 0 Å². The smallest absolute Gasteiger partial charge is 0.137 e. The molecular weight excluding hydrogens is 210 g/mol. The molecule has 1 saturated carbocycles. The molecule has 4 atom stereocenters. The highest BCUT2D eigenvalue weighted by Crippen LogP contribution is 2.28. The number of piperidine rings is 1. The van der Waals surface area contributed by atoms with Gasteiger partial charge in [0.05, 0.1) is 0 Å². The second-order valence-electron chi connectivity index (χ2n) is 6.71. The zero-order valence-corrected chi connectivity index (χ0v) is 11.6. The van der Waals surface area contributed by atoms with E-state index in [9.17, 15) is 4.79 Å². The van der Waals surface area contributed by atoms with E-state index in [2.05, 4.69) is 25.7 Å². The first kappa shape index (κ1) is 13.1. The Morgan fingerprint density at radius 3 is 2.35 bits per heavy atom. The van der Waals surface area contributed by atoms with Crippen molar-refractivity contribution in [2.75, 3.05) is 19.6 Å². The lowest BCUT2D eigenvalue weighted by Crippen LogP contribution is -2.43. The molecule has 2 nitrogen and oxygen atoms in total. The van der Waals surface area contributed by atoms with Crippen molar-refractivity contribution in [2.24, 2.45) is 23.7 Å². The molecule has 1 aliphatic heterocycles. The Labute approximate surface area is 106 Å². The fourth-order valence-electron chi connectivity index (χ4n) is 3.76. The summed E-state index contributed by atoms with van der Waals surface area (Å²) < 4.78 is 0. The second-order valence-corrected chi connectivity index (χ2v) is 6.71. The quantitative estimate of drug-likeness (QED) is 0.736. The third kappa shape index (κ3) is 3.54. The largest absolute Gasteiger partial charge is 0.302 e. The zero-order chi connectivity index (χ0) is 12.4. The van der Waals surface area contributed by atoms with Crippen molar-refractivity contribution in [3.63, 3.8) is 0 Å². The van der Waals surface area contributed by atoms with Crippen LogP contribution in [-0.2, 0) is 4.79 Å². The van der Waals surface area contributed by atoms with E-state index >= 15 is 0 Å². The third-order valence-corrected chi connectivity index (χ3v) is 4.45. The Balaban J connectivity index is 1.88. The third-order valence-electron chi connectivity index (χ3n) is 4.45. The number of ketones is 1. The first-order valence-electron chi connectivity index (χ1n) is 7.29. The molecule has 0 spiro atoms. The van der Waals surface area contributed by atoms with Crippen LogP contribution in [0.4, 0.5) is 0 Å². The van der Waals surface area contributed by atoms with Crippen LogP contribution in [0.25, 0.3) is 0 Å². The van der Waals surface area contributed by atoms with Gasteiger partial charge in [-0.15, -0.1) is 0 Å². The van der Waals surface area contributed by atoms with Crippen molar-refractivity contribution in [2.45, 2.75) is 46.5 Å². The summed E-state index contributed by atoms with van der Waals surface area (Å²) in [5.41, 5.74) is 0. The van der Waals surface area contributed by atoms with E-state index in [1.165, 1.54) is 19.5 Å². The van der Waals surface area contributed by atoms with Gasteiger partial charge >= 0.3 is 0 Å². The first-order valence-corrected chi connectivity index (χ1v) is 7.29. The Kier molecular flexibility index (Phi) is 4.24. The number of Topliss-reactive ketones (excluding diaryl/α,β-unsaturated/α-hetero) is 1. The van der Waals surface area contributed by atoms with Crippen molar-refractivity contribution in [1.29, 1.82) is 0 Å². The molecule has 0 N–H and O–H groups in total. The van der Waals surface area contributed by atoms with E-state index in [0.29, 0.717) is 11.7 Å². The maximum absolute atomic E-state index is 11.9. The molecule has 0 aromatic rings. The summed E-state index contributed by atoms with van der Waals surface area (Å²) in [6.45, 7) is 10.4. The van der Waals surface area contributed by atoms with E-state index in [0.717, 1.165) is 43.6 Å². The highest BCUT2D eigenvalue weighted by Gasteiger charge is 2.30. The molecule has 2 rings (SSSR count). The van der Waals surface area contributed by atoms with Crippen LogP contribution >= 0.6 is 0 Å². The predicted octanol–water partition coefficient (Wildman–Crippen LogP) is 2.97. The predicted molar refractivity (Wildman–Crippen MR) is 70.9 cm³/mol. The summed E-state index contributed by atoms with van der Waals surface area (Å²) in [7, 11) is 0. The lowest BCUT2D eigenvalue weighted by Gasteiger charge is -2.38. The van der Waals surface area contributed by atoms with Gasteiger partial charge < -0.3 is 4.90 Å². The molecule has 2 fully saturated rings. The van der Waals surface area contributed by atoms with Gasteiger partial charge in [0.25, 0.3) is 0 Å². The molecular formula is C15H27NO. The summed E-state index contributed by atoms with van der Waals surface area (Å²) in [5, 5.41) is 0. The van der Waals surface area contributed by atoms with Gasteiger partial charge in [-0.3, -0.25) is 4.79 Å². The molecule has 98 valence electrons. The molecule has 1 heterocycles. The van der Waals surface area contributed by atoms with Gasteiger partial charge in [0, 0.05) is 32.0 Å². The number of likely N-dealkylation sites (tertiary alicyclic amines) is 1. The summed E-state index contributed by atoms with van der Waals surface area (Å²) in [6.07, 6.45) is 4.41. The average molecular weight is 237 g/mol. The Morgan fingerprint density at radius 2 is 1.71 bits per heavy atom. The molecule has 0 radical (unpaired) electrons. The van der Waals surface area contributed by atoms with E-state index in [1.807, 2.05) is 0 Å². The maximum Gasteiger partial charge on any atom is 0.137 e. The van der Waals surface area contributed by atoms with E-state index in [1.54, 1.807) is 0 Å². The van der Waals surface area contributed by atoms with Crippen molar-refractivity contribution in [3.05, 3.63) is 0 Å². The highest BCUT2D eigenvalue weighted by molar-refractivity contribution is 5.81. The Hall–Kier alpha value is -0.370. The number of rotatable bonds is 2. The Bertz CT molecular complexity index is 266. The van der Waals surface area contributed by atoms with Crippen LogP contribution in [0.3, 0.4) is 0 Å². The van der Waals surface area contributed by atoms with Crippen LogP contribution < -0.4 is 0 Å². The molecule has 0 bridgehead atoms. The van der Waals surface area contributed by atoms with Crippen LogP contribution in [0.15, 0.2) is 0 Å². The molecule has 1 saturated heterocycles. The lowest BCUT2D eigenvalue weighted by molar-refractivity contribution is -0.126. The van der Waals surface area contributed by atoms with Gasteiger partial charge in [-0.1, -0.05) is 20.8 Å². The van der Waals surface area contributed by atoms with Gasteiger partial charge in [-0.2, -0.15) is 0 Å². The van der Waals surface area contributed by atoms with Crippen molar-refractivity contribution in [1.82, 2.24) is 4.90 Å². The van der Waals surface area contributed by atoms with Crippen LogP contribution in [0.5, 0.6) is 0 Å². The fraction of sp³-hybridized carbons (Fsp3) is 0.933. The molecule has 2 heteroatoms. The van der Waals surface area contributed by atoms with Crippen LogP contribution in [0.2, 0.25) is 0 Å².